The first kappa shape index (κ1) is 19.6. The van der Waals surface area contributed by atoms with Gasteiger partial charge in [0.25, 0.3) is 0 Å². The maximum absolute atomic E-state index is 12.5. The van der Waals surface area contributed by atoms with E-state index in [2.05, 4.69) is 4.72 Å². The summed E-state index contributed by atoms with van der Waals surface area (Å²) in [7, 11) is -3.65. The van der Waals surface area contributed by atoms with Crippen LogP contribution >= 0.6 is 11.6 Å². The molecular weight excluding hydrogens is 362 g/mol. The van der Waals surface area contributed by atoms with E-state index >= 15 is 0 Å². The number of benzene rings is 2. The third kappa shape index (κ3) is 5.11. The van der Waals surface area contributed by atoms with Gasteiger partial charge in [-0.2, -0.15) is 0 Å². The Balaban J connectivity index is 2.23. The summed E-state index contributed by atoms with van der Waals surface area (Å²) in [6.07, 6.45) is 0. The molecule has 0 saturated carbocycles. The van der Waals surface area contributed by atoms with Crippen LogP contribution in [0.25, 0.3) is 0 Å². The van der Waals surface area contributed by atoms with Crippen LogP contribution < -0.4 is 14.2 Å². The highest BCUT2D eigenvalue weighted by atomic mass is 35.5. The third-order valence-corrected chi connectivity index (χ3v) is 5.33. The van der Waals surface area contributed by atoms with Crippen LogP contribution in [0.1, 0.15) is 32.4 Å². The van der Waals surface area contributed by atoms with Gasteiger partial charge in [0.2, 0.25) is 10.0 Å². The topological polar surface area (TPSA) is 64.6 Å². The van der Waals surface area contributed by atoms with Crippen LogP contribution in [0.4, 0.5) is 0 Å². The average molecular weight is 384 g/mol. The van der Waals surface area contributed by atoms with Crippen molar-refractivity contribution in [2.75, 3.05) is 13.2 Å². The number of hydrogen-bond donors (Lipinski definition) is 1. The van der Waals surface area contributed by atoms with Gasteiger partial charge in [0.05, 0.1) is 18.1 Å². The SMILES string of the molecule is CCOc1ccc([C@H](C)NS(=O)(=O)c2ccc(Cl)cc2)cc1OCC. The van der Waals surface area contributed by atoms with E-state index in [0.29, 0.717) is 29.7 Å². The molecule has 0 fully saturated rings. The summed E-state index contributed by atoms with van der Waals surface area (Å²) >= 11 is 5.81. The fourth-order valence-corrected chi connectivity index (χ4v) is 3.68. The van der Waals surface area contributed by atoms with Crippen molar-refractivity contribution in [1.29, 1.82) is 0 Å². The van der Waals surface area contributed by atoms with Crippen molar-refractivity contribution in [1.82, 2.24) is 4.72 Å². The Hall–Kier alpha value is -1.76. The first-order valence-electron chi connectivity index (χ1n) is 8.04. The van der Waals surface area contributed by atoms with Crippen LogP contribution in [0.5, 0.6) is 11.5 Å². The molecule has 1 N–H and O–H groups in total. The third-order valence-electron chi connectivity index (χ3n) is 3.52. The molecule has 5 nitrogen and oxygen atoms in total. The summed E-state index contributed by atoms with van der Waals surface area (Å²) in [6, 6.07) is 11.0. The van der Waals surface area contributed by atoms with Crippen molar-refractivity contribution >= 4 is 21.6 Å². The fourth-order valence-electron chi connectivity index (χ4n) is 2.32. The number of nitrogens with one attached hydrogen (secondary N) is 1. The summed E-state index contributed by atoms with van der Waals surface area (Å²) in [5.41, 5.74) is 0.782. The molecule has 0 aliphatic heterocycles. The fraction of sp³-hybridized carbons (Fsp3) is 0.333. The smallest absolute Gasteiger partial charge is 0.241 e. The standard InChI is InChI=1S/C18H22ClNO4S/c1-4-23-17-11-6-14(12-18(17)24-5-2)13(3)20-25(21,22)16-9-7-15(19)8-10-16/h6-13,20H,4-5H2,1-3H3/t13-/m0/s1. The van der Waals surface area contributed by atoms with E-state index < -0.39 is 16.1 Å². The molecular formula is C18H22ClNO4S. The highest BCUT2D eigenvalue weighted by Crippen LogP contribution is 2.31. The van der Waals surface area contributed by atoms with Gasteiger partial charge in [-0.15, -0.1) is 0 Å². The molecule has 0 aromatic heterocycles. The predicted octanol–water partition coefficient (Wildman–Crippen LogP) is 4.18. The Morgan fingerprint density at radius 1 is 1.00 bits per heavy atom. The van der Waals surface area contributed by atoms with E-state index in [-0.39, 0.29) is 4.90 Å². The number of sulfonamides is 1. The van der Waals surface area contributed by atoms with Crippen LogP contribution in [0.15, 0.2) is 47.4 Å². The summed E-state index contributed by atoms with van der Waals surface area (Å²) < 4.78 is 38.8. The van der Waals surface area contributed by atoms with Gasteiger partial charge in [-0.3, -0.25) is 0 Å². The normalized spacial score (nSPS) is 12.6. The Labute approximate surface area is 154 Å². The predicted molar refractivity (Wildman–Crippen MR) is 99.0 cm³/mol. The van der Waals surface area contributed by atoms with E-state index in [1.807, 2.05) is 19.9 Å². The van der Waals surface area contributed by atoms with Crippen molar-refractivity contribution < 1.29 is 17.9 Å². The Kier molecular flexibility index (Phi) is 6.70. The Morgan fingerprint density at radius 3 is 2.20 bits per heavy atom. The second-order valence-corrected chi connectivity index (χ2v) is 7.52. The van der Waals surface area contributed by atoms with Gasteiger partial charge in [-0.05, 0) is 62.7 Å². The zero-order valence-corrected chi connectivity index (χ0v) is 16.0. The molecule has 2 aromatic rings. The highest BCUT2D eigenvalue weighted by Gasteiger charge is 2.19. The summed E-state index contributed by atoms with van der Waals surface area (Å²) in [6.45, 7) is 6.58. The Bertz CT molecular complexity index is 806. The minimum atomic E-state index is -3.65. The van der Waals surface area contributed by atoms with Crippen molar-refractivity contribution in [3.05, 3.63) is 53.1 Å². The molecule has 2 aromatic carbocycles. The molecule has 1 atom stereocenters. The summed E-state index contributed by atoms with van der Waals surface area (Å²) in [4.78, 5) is 0.166. The van der Waals surface area contributed by atoms with E-state index in [0.717, 1.165) is 5.56 Å². The molecule has 25 heavy (non-hydrogen) atoms. The van der Waals surface area contributed by atoms with E-state index in [1.165, 1.54) is 12.1 Å². The first-order valence-corrected chi connectivity index (χ1v) is 9.91. The molecule has 0 spiro atoms. The lowest BCUT2D eigenvalue weighted by molar-refractivity contribution is 0.287. The maximum Gasteiger partial charge on any atom is 0.241 e. The van der Waals surface area contributed by atoms with Gasteiger partial charge in [0, 0.05) is 11.1 Å². The van der Waals surface area contributed by atoms with Crippen LogP contribution in [-0.4, -0.2) is 21.6 Å². The van der Waals surface area contributed by atoms with Gasteiger partial charge in [0.1, 0.15) is 0 Å². The van der Waals surface area contributed by atoms with Crippen LogP contribution in [-0.2, 0) is 10.0 Å². The molecule has 136 valence electrons. The van der Waals surface area contributed by atoms with Crippen LogP contribution in [0.3, 0.4) is 0 Å². The van der Waals surface area contributed by atoms with Gasteiger partial charge in [-0.1, -0.05) is 17.7 Å². The number of hydrogen-bond acceptors (Lipinski definition) is 4. The zero-order valence-electron chi connectivity index (χ0n) is 14.5. The van der Waals surface area contributed by atoms with Crippen molar-refractivity contribution in [3.63, 3.8) is 0 Å². The molecule has 0 aliphatic carbocycles. The van der Waals surface area contributed by atoms with Gasteiger partial charge in [0.15, 0.2) is 11.5 Å². The molecule has 2 rings (SSSR count). The molecule has 0 bridgehead atoms. The molecule has 0 aliphatic rings. The molecule has 0 heterocycles. The molecule has 0 unspecified atom stereocenters. The number of halogens is 1. The van der Waals surface area contributed by atoms with Crippen LogP contribution in [0.2, 0.25) is 5.02 Å². The summed E-state index contributed by atoms with van der Waals surface area (Å²) in [5.74, 6) is 1.24. The minimum Gasteiger partial charge on any atom is -0.490 e. The van der Waals surface area contributed by atoms with Gasteiger partial charge < -0.3 is 9.47 Å². The quantitative estimate of drug-likeness (QED) is 0.742. The van der Waals surface area contributed by atoms with Gasteiger partial charge in [-0.25, -0.2) is 13.1 Å². The molecule has 0 amide bonds. The number of ether oxygens (including phenoxy) is 2. The second kappa shape index (κ2) is 8.56. The highest BCUT2D eigenvalue weighted by molar-refractivity contribution is 7.89. The van der Waals surface area contributed by atoms with E-state index in [9.17, 15) is 8.42 Å². The van der Waals surface area contributed by atoms with Crippen molar-refractivity contribution in [2.24, 2.45) is 0 Å². The minimum absolute atomic E-state index is 0.166. The van der Waals surface area contributed by atoms with E-state index in [4.69, 9.17) is 21.1 Å². The largest absolute Gasteiger partial charge is 0.490 e. The average Bonchev–Trinajstić information content (AvgIpc) is 2.57. The second-order valence-electron chi connectivity index (χ2n) is 5.37. The lowest BCUT2D eigenvalue weighted by Crippen LogP contribution is -2.26. The Morgan fingerprint density at radius 2 is 1.60 bits per heavy atom. The maximum atomic E-state index is 12.5. The lowest BCUT2D eigenvalue weighted by Gasteiger charge is -2.17. The molecule has 0 radical (unpaired) electrons. The summed E-state index contributed by atoms with van der Waals surface area (Å²) in [5, 5.41) is 0.486. The van der Waals surface area contributed by atoms with E-state index in [1.54, 1.807) is 31.2 Å². The van der Waals surface area contributed by atoms with Crippen LogP contribution in [0, 0.1) is 0 Å². The zero-order chi connectivity index (χ0) is 18.4. The van der Waals surface area contributed by atoms with Crippen molar-refractivity contribution in [3.8, 4) is 11.5 Å². The molecule has 0 saturated heterocycles. The lowest BCUT2D eigenvalue weighted by atomic mass is 10.1. The van der Waals surface area contributed by atoms with Gasteiger partial charge >= 0.3 is 0 Å². The van der Waals surface area contributed by atoms with Crippen molar-refractivity contribution in [2.45, 2.75) is 31.7 Å². The first-order chi connectivity index (χ1) is 11.9. The number of rotatable bonds is 8. The monoisotopic (exact) mass is 383 g/mol. The molecule has 7 heteroatoms.